The van der Waals surface area contributed by atoms with E-state index >= 15 is 0 Å². The third kappa shape index (κ3) is 5.53. The third-order valence-electron chi connectivity index (χ3n) is 14.2. The van der Waals surface area contributed by atoms with E-state index in [1.54, 1.807) is 0 Å². The van der Waals surface area contributed by atoms with Gasteiger partial charge in [0.15, 0.2) is 8.07 Å². The summed E-state index contributed by atoms with van der Waals surface area (Å²) in [5.74, 6) is 0.141. The summed E-state index contributed by atoms with van der Waals surface area (Å²) in [4.78, 5) is 0. The van der Waals surface area contributed by atoms with E-state index in [0.29, 0.717) is 0 Å². The van der Waals surface area contributed by atoms with E-state index in [4.69, 9.17) is 0 Å². The SMILES string of the molecule is c1ccc(-c2cc(-c3ccccc3)cc([Si](c3ccccc3)(c3ccccc3)c3cccc4c3C3c5ccccc5C4c4cccc(-c5cccc6sc7ccccc7c56)c43)c2)cc1. The summed E-state index contributed by atoms with van der Waals surface area (Å²) in [6.45, 7) is 0. The van der Waals surface area contributed by atoms with Crippen LogP contribution in [0.25, 0.3) is 53.6 Å². The number of benzene rings is 10. The molecule has 0 fully saturated rings. The van der Waals surface area contributed by atoms with Crippen LogP contribution in [0.2, 0.25) is 0 Å². The molecule has 0 aliphatic heterocycles. The summed E-state index contributed by atoms with van der Waals surface area (Å²) < 4.78 is 2.68. The Labute approximate surface area is 379 Å². The van der Waals surface area contributed by atoms with Gasteiger partial charge in [-0.25, -0.2) is 0 Å². The number of rotatable bonds is 7. The number of hydrogen-bond acceptors (Lipinski definition) is 1. The fourth-order valence-corrected chi connectivity index (χ4v) is 17.9. The molecule has 300 valence electrons. The summed E-state index contributed by atoms with van der Waals surface area (Å²) in [5, 5.41) is 8.33. The fourth-order valence-electron chi connectivity index (χ4n) is 11.7. The Hall–Kier alpha value is -7.36. The zero-order valence-electron chi connectivity index (χ0n) is 35.2. The van der Waals surface area contributed by atoms with Crippen molar-refractivity contribution in [1.29, 1.82) is 0 Å². The van der Waals surface area contributed by atoms with Crippen LogP contribution < -0.4 is 20.7 Å². The molecule has 2 heteroatoms. The molecule has 2 atom stereocenters. The van der Waals surface area contributed by atoms with Crippen LogP contribution in [0.3, 0.4) is 0 Å². The molecule has 64 heavy (non-hydrogen) atoms. The Bertz CT molecular complexity index is 3460. The topological polar surface area (TPSA) is 0 Å². The van der Waals surface area contributed by atoms with Crippen LogP contribution in [-0.4, -0.2) is 8.07 Å². The smallest absolute Gasteiger partial charge is 0.135 e. The second-order valence-corrected chi connectivity index (χ2v) is 22.3. The maximum atomic E-state index is 2.55. The van der Waals surface area contributed by atoms with Crippen LogP contribution in [-0.2, 0) is 0 Å². The van der Waals surface area contributed by atoms with Gasteiger partial charge in [-0.1, -0.05) is 224 Å². The first kappa shape index (κ1) is 37.2. The summed E-state index contributed by atoms with van der Waals surface area (Å²) in [6, 6.07) is 92.3. The van der Waals surface area contributed by atoms with Crippen molar-refractivity contribution in [2.45, 2.75) is 11.8 Å². The van der Waals surface area contributed by atoms with E-state index in [2.05, 4.69) is 243 Å². The number of fused-ring (bicyclic) bond motifs is 3. The minimum absolute atomic E-state index is 0.0314. The Morgan fingerprint density at radius 1 is 0.312 bits per heavy atom. The Kier molecular flexibility index (Phi) is 8.65. The lowest BCUT2D eigenvalue weighted by atomic mass is 9.60. The van der Waals surface area contributed by atoms with Crippen molar-refractivity contribution in [3.63, 3.8) is 0 Å². The van der Waals surface area contributed by atoms with Crippen molar-refractivity contribution in [2.24, 2.45) is 0 Å². The van der Waals surface area contributed by atoms with Gasteiger partial charge in [-0.05, 0) is 106 Å². The predicted molar refractivity (Wildman–Crippen MR) is 274 cm³/mol. The van der Waals surface area contributed by atoms with Crippen molar-refractivity contribution < 1.29 is 0 Å². The van der Waals surface area contributed by atoms with Gasteiger partial charge in [0.25, 0.3) is 0 Å². The van der Waals surface area contributed by atoms with Crippen LogP contribution in [0.15, 0.2) is 243 Å². The molecule has 0 spiro atoms. The van der Waals surface area contributed by atoms with Gasteiger partial charge in [0.1, 0.15) is 0 Å². The van der Waals surface area contributed by atoms with Crippen LogP contribution in [0, 0.1) is 0 Å². The molecule has 14 rings (SSSR count). The first-order chi connectivity index (χ1) is 31.8. The van der Waals surface area contributed by atoms with Crippen LogP contribution in [0.5, 0.6) is 0 Å². The molecule has 0 saturated heterocycles. The summed E-state index contributed by atoms with van der Waals surface area (Å²) >= 11 is 1.90. The molecule has 3 aliphatic rings. The molecule has 10 aromatic carbocycles. The highest BCUT2D eigenvalue weighted by Gasteiger charge is 2.50. The summed E-state index contributed by atoms with van der Waals surface area (Å²) in [6.07, 6.45) is 0. The lowest BCUT2D eigenvalue weighted by Crippen LogP contribution is -2.75. The monoisotopic (exact) mass is 846 g/mol. The maximum Gasteiger partial charge on any atom is 0.179 e. The second-order valence-electron chi connectivity index (χ2n) is 17.4. The van der Waals surface area contributed by atoms with Gasteiger partial charge in [0, 0.05) is 32.0 Å². The number of thiophene rings is 1. The van der Waals surface area contributed by atoms with Crippen molar-refractivity contribution in [3.05, 3.63) is 276 Å². The van der Waals surface area contributed by atoms with E-state index < -0.39 is 8.07 Å². The van der Waals surface area contributed by atoms with Gasteiger partial charge in [-0.15, -0.1) is 11.3 Å². The maximum absolute atomic E-state index is 3.15. The van der Waals surface area contributed by atoms with Gasteiger partial charge >= 0.3 is 0 Å². The molecule has 2 unspecified atom stereocenters. The molecule has 0 radical (unpaired) electrons. The molecular weight excluding hydrogens is 805 g/mol. The van der Waals surface area contributed by atoms with Gasteiger partial charge < -0.3 is 0 Å². The molecule has 0 saturated carbocycles. The molecule has 0 amide bonds. The predicted octanol–water partition coefficient (Wildman–Crippen LogP) is 13.4. The van der Waals surface area contributed by atoms with Gasteiger partial charge in [0.2, 0.25) is 0 Å². The van der Waals surface area contributed by atoms with Crippen molar-refractivity contribution >= 4 is 60.3 Å². The molecule has 1 aromatic heterocycles. The fraction of sp³-hybridized carbons (Fsp3) is 0.0323. The largest absolute Gasteiger partial charge is 0.179 e. The summed E-state index contributed by atoms with van der Waals surface area (Å²) in [7, 11) is -3.15. The van der Waals surface area contributed by atoms with E-state index in [1.165, 1.54) is 108 Å². The van der Waals surface area contributed by atoms with Crippen molar-refractivity contribution in [2.75, 3.05) is 0 Å². The lowest BCUT2D eigenvalue weighted by molar-refractivity contribution is 0.760. The molecule has 2 bridgehead atoms. The van der Waals surface area contributed by atoms with Gasteiger partial charge in [-0.3, -0.25) is 0 Å². The molecule has 0 N–H and O–H groups in total. The van der Waals surface area contributed by atoms with Crippen LogP contribution in [0.1, 0.15) is 45.2 Å². The average molecular weight is 847 g/mol. The average Bonchev–Trinajstić information content (AvgIpc) is 3.77. The highest BCUT2D eigenvalue weighted by atomic mass is 32.1. The second kappa shape index (κ2) is 14.9. The molecular formula is C62H42SSi. The standard InChI is InChI=1S/C62H42SSi/c1-5-20-41(21-6-1)43-38-44(42-22-7-2-8-23-42)40-47(39-43)64(45-24-9-3-10-25-45,46-26-11-4-12-27-46)57-37-19-34-54-58-48-28-13-14-29-51(48)62(61(54)57)60-50(31-17-33-53(58)60)49-32-18-36-56-59(49)52-30-15-16-35-55(52)63-56/h1-40,58,62H. The first-order valence-electron chi connectivity index (χ1n) is 22.4. The molecule has 3 aliphatic carbocycles. The minimum Gasteiger partial charge on any atom is -0.135 e. The molecule has 1 heterocycles. The summed E-state index contributed by atoms with van der Waals surface area (Å²) in [5.41, 5.74) is 16.3. The van der Waals surface area contributed by atoms with Gasteiger partial charge in [0.05, 0.1) is 0 Å². The van der Waals surface area contributed by atoms with E-state index in [9.17, 15) is 0 Å². The van der Waals surface area contributed by atoms with E-state index in [1.807, 2.05) is 11.3 Å². The van der Waals surface area contributed by atoms with Crippen LogP contribution >= 0.6 is 11.3 Å². The third-order valence-corrected chi connectivity index (χ3v) is 20.1. The molecule has 0 nitrogen and oxygen atoms in total. The normalized spacial score (nSPS) is 14.9. The zero-order chi connectivity index (χ0) is 42.2. The lowest BCUT2D eigenvalue weighted by Gasteiger charge is -2.47. The van der Waals surface area contributed by atoms with E-state index in [-0.39, 0.29) is 11.8 Å². The minimum atomic E-state index is -3.15. The highest BCUT2D eigenvalue weighted by Crippen LogP contribution is 2.58. The van der Waals surface area contributed by atoms with Crippen molar-refractivity contribution in [1.82, 2.24) is 0 Å². The number of hydrogen-bond donors (Lipinski definition) is 0. The Morgan fingerprint density at radius 2 is 0.797 bits per heavy atom. The Balaban J connectivity index is 1.16. The Morgan fingerprint density at radius 3 is 1.45 bits per heavy atom. The van der Waals surface area contributed by atoms with Gasteiger partial charge in [-0.2, -0.15) is 0 Å². The quantitative estimate of drug-likeness (QED) is 0.111. The first-order valence-corrected chi connectivity index (χ1v) is 25.2. The van der Waals surface area contributed by atoms with E-state index in [0.717, 1.165) is 0 Å². The molecule has 11 aromatic rings. The van der Waals surface area contributed by atoms with Crippen LogP contribution in [0.4, 0.5) is 0 Å². The zero-order valence-corrected chi connectivity index (χ0v) is 37.0. The van der Waals surface area contributed by atoms with Crippen molar-refractivity contribution in [3.8, 4) is 33.4 Å². The highest BCUT2D eigenvalue weighted by molar-refractivity contribution is 7.26.